The summed E-state index contributed by atoms with van der Waals surface area (Å²) in [5, 5.41) is 5.44. The van der Waals surface area contributed by atoms with Gasteiger partial charge in [-0.3, -0.25) is 9.59 Å². The Labute approximate surface area is 120 Å². The largest absolute Gasteiger partial charge is 0.378 e. The minimum atomic E-state index is -0.923. The number of ether oxygens (including phenoxy) is 1. The van der Waals surface area contributed by atoms with E-state index in [1.165, 1.54) is 0 Å². The number of amides is 2. The highest BCUT2D eigenvalue weighted by atomic mass is 16.5. The van der Waals surface area contributed by atoms with E-state index in [0.29, 0.717) is 26.1 Å². The van der Waals surface area contributed by atoms with Crippen LogP contribution in [0, 0.1) is 5.41 Å². The molecular weight excluding hydrogens is 258 g/mol. The first kappa shape index (κ1) is 16.9. The van der Waals surface area contributed by atoms with Crippen molar-refractivity contribution in [2.24, 2.45) is 11.1 Å². The minimum absolute atomic E-state index is 0.00615. The summed E-state index contributed by atoms with van der Waals surface area (Å²) in [4.78, 5) is 23.5. The first-order valence-corrected chi connectivity index (χ1v) is 7.25. The van der Waals surface area contributed by atoms with Gasteiger partial charge in [-0.2, -0.15) is 0 Å². The van der Waals surface area contributed by atoms with Crippen molar-refractivity contribution in [3.63, 3.8) is 0 Å². The van der Waals surface area contributed by atoms with Crippen molar-refractivity contribution in [2.45, 2.75) is 52.2 Å². The minimum Gasteiger partial charge on any atom is -0.378 e. The number of hydrogen-bond donors (Lipinski definition) is 3. The predicted octanol–water partition coefficient (Wildman–Crippen LogP) is 0.161. The molecule has 0 aromatic carbocycles. The molecule has 2 unspecified atom stereocenters. The first-order chi connectivity index (χ1) is 9.29. The lowest BCUT2D eigenvalue weighted by atomic mass is 9.54. The van der Waals surface area contributed by atoms with Crippen LogP contribution < -0.4 is 16.4 Å². The van der Waals surface area contributed by atoms with Crippen LogP contribution in [0.2, 0.25) is 0 Å². The Morgan fingerprint density at radius 2 is 1.95 bits per heavy atom. The van der Waals surface area contributed by atoms with E-state index in [9.17, 15) is 9.59 Å². The van der Waals surface area contributed by atoms with E-state index in [0.717, 1.165) is 0 Å². The molecule has 2 atom stereocenters. The summed E-state index contributed by atoms with van der Waals surface area (Å²) in [5.74, 6) is -0.276. The van der Waals surface area contributed by atoms with Gasteiger partial charge in [-0.25, -0.2) is 0 Å². The molecular formula is C14H27N3O3. The van der Waals surface area contributed by atoms with E-state index in [1.807, 2.05) is 27.7 Å². The van der Waals surface area contributed by atoms with Crippen LogP contribution in [0.1, 0.15) is 40.5 Å². The van der Waals surface area contributed by atoms with Crippen molar-refractivity contribution >= 4 is 11.8 Å². The van der Waals surface area contributed by atoms with E-state index in [4.69, 9.17) is 10.5 Å². The molecule has 0 aromatic heterocycles. The summed E-state index contributed by atoms with van der Waals surface area (Å²) >= 11 is 0. The average Bonchev–Trinajstić information content (AvgIpc) is 2.38. The van der Waals surface area contributed by atoms with Gasteiger partial charge in [0.15, 0.2) is 0 Å². The lowest BCUT2D eigenvalue weighted by Crippen LogP contribution is -2.75. The van der Waals surface area contributed by atoms with Crippen LogP contribution in [-0.2, 0) is 14.3 Å². The smallest absolute Gasteiger partial charge is 0.240 e. The highest BCUT2D eigenvalue weighted by Crippen LogP contribution is 2.49. The molecule has 0 radical (unpaired) electrons. The van der Waals surface area contributed by atoms with Gasteiger partial charge in [-0.05, 0) is 13.8 Å². The molecule has 6 heteroatoms. The fourth-order valence-electron chi connectivity index (χ4n) is 2.55. The second-order valence-corrected chi connectivity index (χ2v) is 5.80. The molecule has 116 valence electrons. The van der Waals surface area contributed by atoms with Crippen molar-refractivity contribution in [1.29, 1.82) is 0 Å². The molecule has 1 saturated carbocycles. The Morgan fingerprint density at radius 3 is 2.45 bits per heavy atom. The lowest BCUT2D eigenvalue weighted by molar-refractivity contribution is -0.170. The molecule has 1 rings (SSSR count). The maximum Gasteiger partial charge on any atom is 0.240 e. The molecule has 0 aliphatic heterocycles. The number of rotatable bonds is 7. The summed E-state index contributed by atoms with van der Waals surface area (Å²) in [7, 11) is 0. The molecule has 0 bridgehead atoms. The number of nitrogens with one attached hydrogen (secondary N) is 2. The van der Waals surface area contributed by atoms with Gasteiger partial charge in [0.25, 0.3) is 0 Å². The van der Waals surface area contributed by atoms with Crippen molar-refractivity contribution in [3.8, 4) is 0 Å². The van der Waals surface area contributed by atoms with Crippen LogP contribution >= 0.6 is 0 Å². The zero-order valence-corrected chi connectivity index (χ0v) is 12.9. The molecule has 0 heterocycles. The zero-order chi connectivity index (χ0) is 15.4. The molecule has 1 fully saturated rings. The standard InChI is InChI=1S/C14H27N3O3/c1-5-16-11(18)7-8-17-12(19)14(15)9-10(20-6-2)13(14,3)4/h10H,5-9,15H2,1-4H3,(H,16,18)(H,17,19). The predicted molar refractivity (Wildman–Crippen MR) is 77.0 cm³/mol. The monoisotopic (exact) mass is 285 g/mol. The molecule has 4 N–H and O–H groups in total. The quantitative estimate of drug-likeness (QED) is 0.621. The van der Waals surface area contributed by atoms with Crippen LogP contribution in [-0.4, -0.2) is 43.2 Å². The second-order valence-electron chi connectivity index (χ2n) is 5.80. The fourth-order valence-corrected chi connectivity index (χ4v) is 2.55. The third-order valence-electron chi connectivity index (χ3n) is 4.25. The maximum absolute atomic E-state index is 12.2. The van der Waals surface area contributed by atoms with E-state index < -0.39 is 11.0 Å². The highest BCUT2D eigenvalue weighted by molar-refractivity contribution is 5.89. The van der Waals surface area contributed by atoms with E-state index >= 15 is 0 Å². The van der Waals surface area contributed by atoms with Crippen molar-refractivity contribution in [1.82, 2.24) is 10.6 Å². The summed E-state index contributed by atoms with van der Waals surface area (Å²) in [6.07, 6.45) is 0.790. The van der Waals surface area contributed by atoms with Crippen molar-refractivity contribution in [3.05, 3.63) is 0 Å². The number of nitrogens with two attached hydrogens (primary N) is 1. The Morgan fingerprint density at radius 1 is 1.30 bits per heavy atom. The van der Waals surface area contributed by atoms with Crippen LogP contribution in [0.15, 0.2) is 0 Å². The summed E-state index contributed by atoms with van der Waals surface area (Å²) in [6.45, 7) is 9.19. The summed E-state index contributed by atoms with van der Waals surface area (Å²) < 4.78 is 5.59. The van der Waals surface area contributed by atoms with Crippen LogP contribution in [0.4, 0.5) is 0 Å². The highest BCUT2D eigenvalue weighted by Gasteiger charge is 2.62. The van der Waals surface area contributed by atoms with Crippen molar-refractivity contribution in [2.75, 3.05) is 19.7 Å². The van der Waals surface area contributed by atoms with E-state index in [-0.39, 0.29) is 24.3 Å². The second kappa shape index (κ2) is 6.54. The van der Waals surface area contributed by atoms with Gasteiger partial charge in [0.2, 0.25) is 11.8 Å². The molecule has 0 saturated heterocycles. The summed E-state index contributed by atoms with van der Waals surface area (Å²) in [5.41, 5.74) is 4.90. The van der Waals surface area contributed by atoms with Crippen LogP contribution in [0.25, 0.3) is 0 Å². The third kappa shape index (κ3) is 3.12. The van der Waals surface area contributed by atoms with Gasteiger partial charge in [-0.1, -0.05) is 13.8 Å². The molecule has 0 spiro atoms. The van der Waals surface area contributed by atoms with E-state index in [1.54, 1.807) is 0 Å². The Bertz CT molecular complexity index is 371. The molecule has 2 amide bonds. The summed E-state index contributed by atoms with van der Waals surface area (Å²) in [6, 6.07) is 0. The topological polar surface area (TPSA) is 93.5 Å². The van der Waals surface area contributed by atoms with Crippen LogP contribution in [0.3, 0.4) is 0 Å². The maximum atomic E-state index is 12.2. The third-order valence-corrected chi connectivity index (χ3v) is 4.25. The molecule has 6 nitrogen and oxygen atoms in total. The zero-order valence-electron chi connectivity index (χ0n) is 12.9. The molecule has 1 aliphatic carbocycles. The van der Waals surface area contributed by atoms with Gasteiger partial charge >= 0.3 is 0 Å². The molecule has 0 aromatic rings. The number of hydrogen-bond acceptors (Lipinski definition) is 4. The molecule has 20 heavy (non-hydrogen) atoms. The number of carbonyl (C=O) groups is 2. The Kier molecular flexibility index (Phi) is 5.53. The fraction of sp³-hybridized carbons (Fsp3) is 0.857. The van der Waals surface area contributed by atoms with Crippen LogP contribution in [0.5, 0.6) is 0 Å². The van der Waals surface area contributed by atoms with Gasteiger partial charge in [0.05, 0.1) is 6.10 Å². The Hall–Kier alpha value is -1.14. The SMILES string of the molecule is CCNC(=O)CCNC(=O)C1(N)CC(OCC)C1(C)C. The molecule has 1 aliphatic rings. The van der Waals surface area contributed by atoms with Gasteiger partial charge < -0.3 is 21.1 Å². The van der Waals surface area contributed by atoms with Gasteiger partial charge in [0.1, 0.15) is 5.54 Å². The average molecular weight is 285 g/mol. The van der Waals surface area contributed by atoms with Crippen molar-refractivity contribution < 1.29 is 14.3 Å². The first-order valence-electron chi connectivity index (χ1n) is 7.25. The Balaban J connectivity index is 2.46. The van der Waals surface area contributed by atoms with E-state index in [2.05, 4.69) is 10.6 Å². The lowest BCUT2D eigenvalue weighted by Gasteiger charge is -2.57. The van der Waals surface area contributed by atoms with Gasteiger partial charge in [-0.15, -0.1) is 0 Å². The van der Waals surface area contributed by atoms with Gasteiger partial charge in [0, 0.05) is 38.0 Å². The normalized spacial score (nSPS) is 27.6. The number of carbonyl (C=O) groups excluding carboxylic acids is 2.